The number of rotatable bonds is 4. The quantitative estimate of drug-likeness (QED) is 0.618. The number of amides is 2. The molecule has 134 valence electrons. The smallest absolute Gasteiger partial charge is 0.266 e. The van der Waals surface area contributed by atoms with E-state index in [4.69, 9.17) is 12.2 Å². The van der Waals surface area contributed by atoms with E-state index < -0.39 is 0 Å². The number of allylic oxidation sites excluding steroid dienone is 2. The molecule has 5 nitrogen and oxygen atoms in total. The van der Waals surface area contributed by atoms with Gasteiger partial charge in [-0.3, -0.25) is 19.5 Å². The van der Waals surface area contributed by atoms with Crippen molar-refractivity contribution < 1.29 is 9.59 Å². The number of carbonyl (C=O) groups excluding carboxylic acids is 2. The average Bonchev–Trinajstić information content (AvgIpc) is 3.20. The lowest BCUT2D eigenvalue weighted by molar-refractivity contribution is -0.128. The number of hydrogen-bond donors (Lipinski definition) is 1. The van der Waals surface area contributed by atoms with Crippen molar-refractivity contribution in [2.45, 2.75) is 6.92 Å². The molecule has 0 atom stereocenters. The first kappa shape index (κ1) is 18.9. The zero-order valence-corrected chi connectivity index (χ0v) is 16.5. The summed E-state index contributed by atoms with van der Waals surface area (Å²) in [6.45, 7) is 2.54. The van der Waals surface area contributed by atoms with Gasteiger partial charge in [-0.05, 0) is 24.1 Å². The van der Waals surface area contributed by atoms with E-state index in [9.17, 15) is 9.59 Å². The number of amidine groups is 1. The molecule has 26 heavy (non-hydrogen) atoms. The van der Waals surface area contributed by atoms with Crippen LogP contribution in [-0.2, 0) is 9.59 Å². The van der Waals surface area contributed by atoms with Gasteiger partial charge in [0.2, 0.25) is 5.91 Å². The first-order valence-electron chi connectivity index (χ1n) is 7.99. The highest BCUT2D eigenvalue weighted by molar-refractivity contribution is 8.26. The van der Waals surface area contributed by atoms with Gasteiger partial charge < -0.3 is 5.32 Å². The maximum absolute atomic E-state index is 12.6. The second-order valence-electron chi connectivity index (χ2n) is 5.65. The lowest BCUT2D eigenvalue weighted by Crippen LogP contribution is -2.40. The molecule has 1 aromatic carbocycles. The standard InChI is InChI=1S/C18H17N3O2S3/c1-12(9-13-5-3-2-4-6-13)10-14-16(23)21(18(24)26-14)11-15(22)20-17-19-7-8-25-17/h2-6,9-10H,7-8,11H2,1H3,(H,19,20,22)/b12-9+,14-10-. The molecule has 0 aliphatic carbocycles. The molecule has 0 spiro atoms. The van der Waals surface area contributed by atoms with Gasteiger partial charge in [0.1, 0.15) is 10.9 Å². The molecule has 0 bridgehead atoms. The molecule has 1 saturated heterocycles. The fourth-order valence-electron chi connectivity index (χ4n) is 2.41. The Morgan fingerprint density at radius 1 is 1.38 bits per heavy atom. The number of nitrogens with one attached hydrogen (secondary N) is 1. The van der Waals surface area contributed by atoms with Crippen molar-refractivity contribution in [1.29, 1.82) is 0 Å². The van der Waals surface area contributed by atoms with Gasteiger partial charge in [-0.25, -0.2) is 0 Å². The highest BCUT2D eigenvalue weighted by atomic mass is 32.2. The van der Waals surface area contributed by atoms with Crippen LogP contribution in [0.25, 0.3) is 6.08 Å². The number of aliphatic imine (C=N–C) groups is 1. The van der Waals surface area contributed by atoms with Crippen LogP contribution in [-0.4, -0.2) is 45.0 Å². The van der Waals surface area contributed by atoms with E-state index in [0.29, 0.717) is 20.9 Å². The van der Waals surface area contributed by atoms with Gasteiger partial charge in [0.05, 0.1) is 11.4 Å². The SMILES string of the molecule is CC(/C=C1\SC(=S)N(CC(=O)NC2=NCCS2)C1=O)=C\c1ccccc1. The Labute approximate surface area is 166 Å². The van der Waals surface area contributed by atoms with Crippen LogP contribution >= 0.6 is 35.7 Å². The molecule has 1 fully saturated rings. The summed E-state index contributed by atoms with van der Waals surface area (Å²) in [7, 11) is 0. The van der Waals surface area contributed by atoms with E-state index in [1.54, 1.807) is 6.08 Å². The third-order valence-corrected chi connectivity index (χ3v) is 5.83. The molecule has 0 aromatic heterocycles. The molecular formula is C18H17N3O2S3. The summed E-state index contributed by atoms with van der Waals surface area (Å²) in [5.74, 6) is 0.344. The topological polar surface area (TPSA) is 61.8 Å². The van der Waals surface area contributed by atoms with Crippen LogP contribution in [0.3, 0.4) is 0 Å². The monoisotopic (exact) mass is 403 g/mol. The number of benzene rings is 1. The van der Waals surface area contributed by atoms with Crippen LogP contribution in [0.1, 0.15) is 12.5 Å². The molecule has 0 saturated carbocycles. The second-order valence-corrected chi connectivity index (χ2v) is 8.41. The Bertz CT molecular complexity index is 831. The summed E-state index contributed by atoms with van der Waals surface area (Å²) < 4.78 is 0.393. The van der Waals surface area contributed by atoms with E-state index in [0.717, 1.165) is 16.9 Å². The van der Waals surface area contributed by atoms with Crippen molar-refractivity contribution in [2.75, 3.05) is 18.8 Å². The molecular weight excluding hydrogens is 386 g/mol. The average molecular weight is 404 g/mol. The lowest BCUT2D eigenvalue weighted by atomic mass is 10.1. The van der Waals surface area contributed by atoms with Crippen LogP contribution in [0.4, 0.5) is 0 Å². The van der Waals surface area contributed by atoms with Gasteiger partial charge in [0.25, 0.3) is 5.91 Å². The Balaban J connectivity index is 1.66. The van der Waals surface area contributed by atoms with Gasteiger partial charge in [-0.15, -0.1) is 0 Å². The van der Waals surface area contributed by atoms with Crippen LogP contribution < -0.4 is 5.32 Å². The number of hydrogen-bond acceptors (Lipinski definition) is 6. The van der Waals surface area contributed by atoms with Crippen LogP contribution in [0.5, 0.6) is 0 Å². The van der Waals surface area contributed by atoms with Crippen molar-refractivity contribution in [3.05, 3.63) is 52.4 Å². The molecule has 8 heteroatoms. The van der Waals surface area contributed by atoms with Crippen molar-refractivity contribution in [2.24, 2.45) is 4.99 Å². The fraction of sp³-hybridized carbons (Fsp3) is 0.222. The predicted molar refractivity (Wildman–Crippen MR) is 113 cm³/mol. The molecule has 0 unspecified atom stereocenters. The zero-order chi connectivity index (χ0) is 18.5. The predicted octanol–water partition coefficient (Wildman–Crippen LogP) is 3.05. The summed E-state index contributed by atoms with van der Waals surface area (Å²) in [5, 5.41) is 3.32. The maximum atomic E-state index is 12.6. The Morgan fingerprint density at radius 3 is 2.85 bits per heavy atom. The van der Waals surface area contributed by atoms with Gasteiger partial charge in [0.15, 0.2) is 5.17 Å². The third-order valence-electron chi connectivity index (χ3n) is 3.56. The first-order valence-corrected chi connectivity index (χ1v) is 10.2. The Morgan fingerprint density at radius 2 is 2.15 bits per heavy atom. The highest BCUT2D eigenvalue weighted by Crippen LogP contribution is 2.31. The molecule has 1 N–H and O–H groups in total. The maximum Gasteiger partial charge on any atom is 0.266 e. The van der Waals surface area contributed by atoms with E-state index in [1.807, 2.05) is 43.3 Å². The number of carbonyl (C=O) groups is 2. The number of thiocarbonyl (C=S) groups is 1. The summed E-state index contributed by atoms with van der Waals surface area (Å²) in [4.78, 5) is 30.7. The largest absolute Gasteiger partial charge is 0.304 e. The van der Waals surface area contributed by atoms with E-state index >= 15 is 0 Å². The van der Waals surface area contributed by atoms with Gasteiger partial charge in [0, 0.05) is 5.75 Å². The van der Waals surface area contributed by atoms with Crippen molar-refractivity contribution >= 4 is 63.1 Å². The zero-order valence-electron chi connectivity index (χ0n) is 14.1. The van der Waals surface area contributed by atoms with Crippen LogP contribution in [0, 0.1) is 0 Å². The lowest BCUT2D eigenvalue weighted by Gasteiger charge is -2.13. The normalized spacial score (nSPS) is 19.3. The Kier molecular flexibility index (Phi) is 6.29. The van der Waals surface area contributed by atoms with Crippen molar-refractivity contribution in [3.8, 4) is 0 Å². The summed E-state index contributed by atoms with van der Waals surface area (Å²) in [5.41, 5.74) is 2.00. The van der Waals surface area contributed by atoms with Crippen LogP contribution in [0.2, 0.25) is 0 Å². The first-order chi connectivity index (χ1) is 12.5. The molecule has 2 aliphatic rings. The van der Waals surface area contributed by atoms with Crippen molar-refractivity contribution in [3.63, 3.8) is 0 Å². The molecule has 2 aliphatic heterocycles. The van der Waals surface area contributed by atoms with Gasteiger partial charge in [-0.2, -0.15) is 0 Å². The minimum atomic E-state index is -0.285. The number of nitrogens with zero attached hydrogens (tertiary/aromatic N) is 2. The summed E-state index contributed by atoms with van der Waals surface area (Å²) >= 11 is 7.99. The molecule has 1 aromatic rings. The minimum Gasteiger partial charge on any atom is -0.304 e. The highest BCUT2D eigenvalue weighted by Gasteiger charge is 2.33. The third kappa shape index (κ3) is 4.84. The second kappa shape index (κ2) is 8.66. The van der Waals surface area contributed by atoms with E-state index in [2.05, 4.69) is 10.3 Å². The fourth-order valence-corrected chi connectivity index (χ4v) is 4.46. The van der Waals surface area contributed by atoms with Gasteiger partial charge >= 0.3 is 0 Å². The molecule has 3 rings (SSSR count). The molecule has 2 heterocycles. The van der Waals surface area contributed by atoms with Crippen molar-refractivity contribution in [1.82, 2.24) is 10.2 Å². The summed E-state index contributed by atoms with van der Waals surface area (Å²) in [6.07, 6.45) is 3.80. The van der Waals surface area contributed by atoms with E-state index in [1.165, 1.54) is 28.4 Å². The Hall–Kier alpha value is -1.90. The molecule has 2 amide bonds. The number of thioether (sulfide) groups is 2. The van der Waals surface area contributed by atoms with Crippen LogP contribution in [0.15, 0.2) is 51.9 Å². The van der Waals surface area contributed by atoms with E-state index in [-0.39, 0.29) is 18.4 Å². The minimum absolute atomic E-state index is 0.0942. The summed E-state index contributed by atoms with van der Waals surface area (Å²) in [6, 6.07) is 9.88. The molecule has 0 radical (unpaired) electrons. The van der Waals surface area contributed by atoms with Gasteiger partial charge in [-0.1, -0.05) is 72.1 Å².